The zero-order chi connectivity index (χ0) is 9.52. The lowest BCUT2D eigenvalue weighted by atomic mass is 10.3. The summed E-state index contributed by atoms with van der Waals surface area (Å²) >= 11 is 0. The number of methoxy groups -OCH3 is 1. The maximum absolute atomic E-state index is 9.45. The maximum atomic E-state index is 9.45. The lowest BCUT2D eigenvalue weighted by Crippen LogP contribution is -2.09. The van der Waals surface area contributed by atoms with Gasteiger partial charge in [0.25, 0.3) is 0 Å². The van der Waals surface area contributed by atoms with Gasteiger partial charge >= 0.3 is 0 Å². The molecular weight excluding hydrogens is 172 g/mol. The van der Waals surface area contributed by atoms with Crippen molar-refractivity contribution < 1.29 is 19.0 Å². The van der Waals surface area contributed by atoms with Crippen molar-refractivity contribution in [1.82, 2.24) is 0 Å². The zero-order valence-electron chi connectivity index (χ0n) is 7.60. The molecule has 0 aliphatic heterocycles. The van der Waals surface area contributed by atoms with Crippen molar-refractivity contribution in [2.24, 2.45) is 0 Å². The number of aliphatic hydroxyl groups excluding tert-OH is 1. The Morgan fingerprint density at radius 1 is 1.54 bits per heavy atom. The van der Waals surface area contributed by atoms with E-state index in [9.17, 15) is 5.11 Å². The molecule has 0 saturated heterocycles. The van der Waals surface area contributed by atoms with Crippen LogP contribution in [0, 0.1) is 0 Å². The molecule has 1 unspecified atom stereocenters. The van der Waals surface area contributed by atoms with E-state index in [0.717, 1.165) is 0 Å². The van der Waals surface area contributed by atoms with Crippen molar-refractivity contribution in [3.63, 3.8) is 0 Å². The molecule has 1 atom stereocenters. The van der Waals surface area contributed by atoms with Gasteiger partial charge in [0.05, 0.1) is 26.1 Å². The molecule has 74 valence electrons. The highest BCUT2D eigenvalue weighted by molar-refractivity contribution is 5.01. The van der Waals surface area contributed by atoms with Crippen LogP contribution in [0.4, 0.5) is 0 Å². The van der Waals surface area contributed by atoms with E-state index < -0.39 is 6.10 Å². The highest BCUT2D eigenvalue weighted by Crippen LogP contribution is 2.12. The molecule has 4 heteroatoms. The number of aliphatic hydroxyl groups is 1. The first-order chi connectivity index (χ1) is 6.34. The molecule has 0 amide bonds. The number of hydrogen-bond acceptors (Lipinski definition) is 4. The highest BCUT2D eigenvalue weighted by Gasteiger charge is 2.09. The topological polar surface area (TPSA) is 51.8 Å². The molecule has 0 radical (unpaired) electrons. The van der Waals surface area contributed by atoms with Gasteiger partial charge in [0.15, 0.2) is 0 Å². The molecule has 1 rings (SSSR count). The molecular formula is C9H14O4. The molecule has 0 bridgehead atoms. The second-order valence-electron chi connectivity index (χ2n) is 2.60. The van der Waals surface area contributed by atoms with Gasteiger partial charge < -0.3 is 19.0 Å². The molecule has 0 fully saturated rings. The van der Waals surface area contributed by atoms with E-state index in [-0.39, 0.29) is 6.61 Å². The Balaban J connectivity index is 2.15. The van der Waals surface area contributed by atoms with E-state index in [1.165, 1.54) is 6.26 Å². The van der Waals surface area contributed by atoms with Crippen molar-refractivity contribution >= 4 is 0 Å². The first-order valence-electron chi connectivity index (χ1n) is 4.12. The summed E-state index contributed by atoms with van der Waals surface area (Å²) in [6.45, 7) is 1.25. The third kappa shape index (κ3) is 3.59. The first kappa shape index (κ1) is 10.2. The summed E-state index contributed by atoms with van der Waals surface area (Å²) in [5, 5.41) is 9.45. The highest BCUT2D eigenvalue weighted by atomic mass is 16.5. The van der Waals surface area contributed by atoms with Crippen LogP contribution in [0.1, 0.15) is 11.9 Å². The second kappa shape index (κ2) is 5.75. The smallest absolute Gasteiger partial charge is 0.135 e. The van der Waals surface area contributed by atoms with Crippen LogP contribution in [0.5, 0.6) is 0 Å². The summed E-state index contributed by atoms with van der Waals surface area (Å²) in [6.07, 6.45) is 0.833. The van der Waals surface area contributed by atoms with E-state index in [0.29, 0.717) is 19.0 Å². The lowest BCUT2D eigenvalue weighted by molar-refractivity contribution is 0.00468. The Hall–Kier alpha value is -0.840. The van der Waals surface area contributed by atoms with Crippen molar-refractivity contribution in [1.29, 1.82) is 0 Å². The summed E-state index contributed by atoms with van der Waals surface area (Å²) in [5.41, 5.74) is 0. The fourth-order valence-corrected chi connectivity index (χ4v) is 0.900. The van der Waals surface area contributed by atoms with Crippen LogP contribution in [-0.4, -0.2) is 32.0 Å². The first-order valence-corrected chi connectivity index (χ1v) is 4.12. The van der Waals surface area contributed by atoms with Gasteiger partial charge in [0.2, 0.25) is 0 Å². The molecule has 4 nitrogen and oxygen atoms in total. The standard InChI is InChI=1S/C9H14O4/c1-11-5-6-12-7-8(10)9-3-2-4-13-9/h2-4,8,10H,5-7H2,1H3. The molecule has 1 N–H and O–H groups in total. The minimum atomic E-state index is -0.688. The SMILES string of the molecule is COCCOCC(O)c1ccco1. The van der Waals surface area contributed by atoms with Gasteiger partial charge in [-0.25, -0.2) is 0 Å². The molecule has 0 aliphatic rings. The number of hydrogen-bond donors (Lipinski definition) is 1. The summed E-state index contributed by atoms with van der Waals surface area (Å²) in [7, 11) is 1.60. The van der Waals surface area contributed by atoms with Crippen LogP contribution in [0.25, 0.3) is 0 Å². The Bertz CT molecular complexity index is 207. The number of furan rings is 1. The fraction of sp³-hybridized carbons (Fsp3) is 0.556. The van der Waals surface area contributed by atoms with Gasteiger partial charge in [-0.1, -0.05) is 0 Å². The van der Waals surface area contributed by atoms with Crippen LogP contribution in [0.2, 0.25) is 0 Å². The van der Waals surface area contributed by atoms with Gasteiger partial charge in [-0.15, -0.1) is 0 Å². The van der Waals surface area contributed by atoms with Crippen molar-refractivity contribution in [3.8, 4) is 0 Å². The van der Waals surface area contributed by atoms with Gasteiger partial charge in [0, 0.05) is 7.11 Å². The Kier molecular flexibility index (Phi) is 4.53. The molecule has 1 heterocycles. The maximum Gasteiger partial charge on any atom is 0.135 e. The summed E-state index contributed by atoms with van der Waals surface area (Å²) in [4.78, 5) is 0. The normalized spacial score (nSPS) is 13.1. The Morgan fingerprint density at radius 3 is 3.00 bits per heavy atom. The van der Waals surface area contributed by atoms with Gasteiger partial charge in [-0.2, -0.15) is 0 Å². The Morgan fingerprint density at radius 2 is 2.38 bits per heavy atom. The van der Waals surface area contributed by atoms with E-state index in [1.807, 2.05) is 0 Å². The van der Waals surface area contributed by atoms with Gasteiger partial charge in [-0.05, 0) is 12.1 Å². The molecule has 0 saturated carbocycles. The summed E-state index contributed by atoms with van der Waals surface area (Å²) < 4.78 is 14.9. The fourth-order valence-electron chi connectivity index (χ4n) is 0.900. The quantitative estimate of drug-likeness (QED) is 0.673. The predicted molar refractivity (Wildman–Crippen MR) is 46.4 cm³/mol. The van der Waals surface area contributed by atoms with Crippen LogP contribution in [-0.2, 0) is 9.47 Å². The average Bonchev–Trinajstić information content (AvgIpc) is 2.65. The molecule has 13 heavy (non-hydrogen) atoms. The van der Waals surface area contributed by atoms with E-state index in [2.05, 4.69) is 0 Å². The van der Waals surface area contributed by atoms with Crippen LogP contribution < -0.4 is 0 Å². The molecule has 0 aliphatic carbocycles. The minimum absolute atomic E-state index is 0.233. The third-order valence-electron chi connectivity index (χ3n) is 1.58. The van der Waals surface area contributed by atoms with Gasteiger partial charge in [0.1, 0.15) is 11.9 Å². The summed E-state index contributed by atoms with van der Waals surface area (Å²) in [5.74, 6) is 0.525. The zero-order valence-corrected chi connectivity index (χ0v) is 7.60. The monoisotopic (exact) mass is 186 g/mol. The molecule has 1 aromatic heterocycles. The van der Waals surface area contributed by atoms with Crippen LogP contribution in [0.3, 0.4) is 0 Å². The predicted octanol–water partition coefficient (Wildman–Crippen LogP) is 0.976. The number of ether oxygens (including phenoxy) is 2. The van der Waals surface area contributed by atoms with Crippen LogP contribution in [0.15, 0.2) is 22.8 Å². The molecule has 0 aromatic carbocycles. The Labute approximate surface area is 77.1 Å². The third-order valence-corrected chi connectivity index (χ3v) is 1.58. The number of rotatable bonds is 6. The van der Waals surface area contributed by atoms with Crippen LogP contribution >= 0.6 is 0 Å². The van der Waals surface area contributed by atoms with E-state index >= 15 is 0 Å². The van der Waals surface area contributed by atoms with E-state index in [4.69, 9.17) is 13.9 Å². The van der Waals surface area contributed by atoms with E-state index in [1.54, 1.807) is 19.2 Å². The lowest BCUT2D eigenvalue weighted by Gasteiger charge is -2.07. The van der Waals surface area contributed by atoms with Crippen molar-refractivity contribution in [2.75, 3.05) is 26.9 Å². The van der Waals surface area contributed by atoms with Gasteiger partial charge in [-0.3, -0.25) is 0 Å². The second-order valence-corrected chi connectivity index (χ2v) is 2.60. The molecule has 1 aromatic rings. The average molecular weight is 186 g/mol. The van der Waals surface area contributed by atoms with Crippen molar-refractivity contribution in [2.45, 2.75) is 6.10 Å². The summed E-state index contributed by atoms with van der Waals surface area (Å²) in [6, 6.07) is 3.44. The molecule has 0 spiro atoms. The van der Waals surface area contributed by atoms with Crippen molar-refractivity contribution in [3.05, 3.63) is 24.2 Å². The minimum Gasteiger partial charge on any atom is -0.467 e. The largest absolute Gasteiger partial charge is 0.467 e.